The average Bonchev–Trinajstić information content (AvgIpc) is 2.79. The van der Waals surface area contributed by atoms with Crippen molar-refractivity contribution in [3.63, 3.8) is 0 Å². The third kappa shape index (κ3) is 2.76. The zero-order valence-corrected chi connectivity index (χ0v) is 12.2. The van der Waals surface area contributed by atoms with Gasteiger partial charge in [0.2, 0.25) is 0 Å². The van der Waals surface area contributed by atoms with Crippen molar-refractivity contribution in [3.8, 4) is 0 Å². The molecule has 0 saturated heterocycles. The summed E-state index contributed by atoms with van der Waals surface area (Å²) in [6, 6.07) is 8.14. The van der Waals surface area contributed by atoms with Crippen LogP contribution in [0.4, 0.5) is 10.8 Å². The van der Waals surface area contributed by atoms with Crippen molar-refractivity contribution >= 4 is 28.1 Å². The second kappa shape index (κ2) is 5.40. The molecule has 0 bridgehead atoms. The molecule has 0 N–H and O–H groups in total. The highest BCUT2D eigenvalue weighted by Crippen LogP contribution is 2.30. The van der Waals surface area contributed by atoms with E-state index in [-0.39, 0.29) is 5.97 Å². The maximum absolute atomic E-state index is 11.6. The molecule has 1 aromatic carbocycles. The zero-order valence-electron chi connectivity index (χ0n) is 11.4. The molecule has 5 heteroatoms. The summed E-state index contributed by atoms with van der Waals surface area (Å²) in [5.41, 5.74) is 2.93. The number of esters is 1. The second-order valence-corrected chi connectivity index (χ2v) is 5.28. The summed E-state index contributed by atoms with van der Waals surface area (Å²) in [6.45, 7) is 3.86. The quantitative estimate of drug-likeness (QED) is 0.807. The van der Waals surface area contributed by atoms with Gasteiger partial charge in [-0.25, -0.2) is 9.78 Å². The van der Waals surface area contributed by atoms with Crippen molar-refractivity contribution in [2.45, 2.75) is 13.8 Å². The predicted molar refractivity (Wildman–Crippen MR) is 77.4 cm³/mol. The van der Waals surface area contributed by atoms with Crippen molar-refractivity contribution in [1.82, 2.24) is 4.98 Å². The number of aryl methyl sites for hydroxylation is 2. The molecule has 0 unspecified atom stereocenters. The number of hydrogen-bond donors (Lipinski definition) is 0. The summed E-state index contributed by atoms with van der Waals surface area (Å²) in [7, 11) is 3.32. The maximum Gasteiger partial charge on any atom is 0.350 e. The van der Waals surface area contributed by atoms with Crippen LogP contribution in [0.1, 0.15) is 20.9 Å². The Bertz CT molecular complexity index is 607. The van der Waals surface area contributed by atoms with Gasteiger partial charge in [0.1, 0.15) is 4.88 Å². The smallest absolute Gasteiger partial charge is 0.350 e. The Balaban J connectivity index is 2.34. The fourth-order valence-electron chi connectivity index (χ4n) is 1.75. The molecule has 1 heterocycles. The standard InChI is InChI=1S/C14H16N2O2S/c1-9-6-5-7-11(8-9)16(3)14-15-10(2)12(19-14)13(17)18-4/h5-8H,1-4H3. The maximum atomic E-state index is 11.6. The van der Waals surface area contributed by atoms with Crippen LogP contribution in [0, 0.1) is 13.8 Å². The van der Waals surface area contributed by atoms with E-state index in [9.17, 15) is 4.79 Å². The largest absolute Gasteiger partial charge is 0.465 e. The molecule has 0 fully saturated rings. The fraction of sp³-hybridized carbons (Fsp3) is 0.286. The zero-order chi connectivity index (χ0) is 14.0. The molecule has 0 atom stereocenters. The first-order valence-corrected chi connectivity index (χ1v) is 6.70. The summed E-state index contributed by atoms with van der Waals surface area (Å²) in [6.07, 6.45) is 0. The van der Waals surface area contributed by atoms with Crippen LogP contribution in [-0.4, -0.2) is 25.1 Å². The molecule has 19 heavy (non-hydrogen) atoms. The van der Waals surface area contributed by atoms with E-state index >= 15 is 0 Å². The van der Waals surface area contributed by atoms with Crippen LogP contribution in [-0.2, 0) is 4.74 Å². The van der Waals surface area contributed by atoms with Crippen molar-refractivity contribution in [1.29, 1.82) is 0 Å². The molecular formula is C14H16N2O2S. The van der Waals surface area contributed by atoms with Gasteiger partial charge in [-0.15, -0.1) is 0 Å². The molecule has 0 saturated carbocycles. The molecule has 2 rings (SSSR count). The molecule has 0 radical (unpaired) electrons. The number of benzene rings is 1. The molecule has 0 amide bonds. The lowest BCUT2D eigenvalue weighted by molar-refractivity contribution is 0.0605. The van der Waals surface area contributed by atoms with Crippen LogP contribution in [0.5, 0.6) is 0 Å². The topological polar surface area (TPSA) is 42.4 Å². The summed E-state index contributed by atoms with van der Waals surface area (Å²) in [5, 5.41) is 0.781. The van der Waals surface area contributed by atoms with Gasteiger partial charge in [-0.2, -0.15) is 0 Å². The van der Waals surface area contributed by atoms with E-state index in [0.717, 1.165) is 10.8 Å². The van der Waals surface area contributed by atoms with Gasteiger partial charge in [0.05, 0.1) is 12.8 Å². The van der Waals surface area contributed by atoms with Crippen molar-refractivity contribution in [2.75, 3.05) is 19.1 Å². The van der Waals surface area contributed by atoms with Gasteiger partial charge in [-0.05, 0) is 31.5 Å². The minimum Gasteiger partial charge on any atom is -0.465 e. The monoisotopic (exact) mass is 276 g/mol. The van der Waals surface area contributed by atoms with E-state index in [1.165, 1.54) is 24.0 Å². The Labute approximate surface area is 116 Å². The first-order chi connectivity index (χ1) is 9.02. The van der Waals surface area contributed by atoms with E-state index in [1.54, 1.807) is 0 Å². The molecular weight excluding hydrogens is 260 g/mol. The van der Waals surface area contributed by atoms with Gasteiger partial charge < -0.3 is 9.64 Å². The lowest BCUT2D eigenvalue weighted by Crippen LogP contribution is -2.08. The Morgan fingerprint density at radius 3 is 2.74 bits per heavy atom. The summed E-state index contributed by atoms with van der Waals surface area (Å²) >= 11 is 1.34. The number of hydrogen-bond acceptors (Lipinski definition) is 5. The number of rotatable bonds is 3. The Kier molecular flexibility index (Phi) is 3.85. The molecule has 1 aromatic heterocycles. The van der Waals surface area contributed by atoms with E-state index in [2.05, 4.69) is 11.1 Å². The number of methoxy groups -OCH3 is 1. The Morgan fingerprint density at radius 1 is 1.37 bits per heavy atom. The van der Waals surface area contributed by atoms with Crippen molar-refractivity contribution < 1.29 is 9.53 Å². The molecule has 0 spiro atoms. The SMILES string of the molecule is COC(=O)c1sc(N(C)c2cccc(C)c2)nc1C. The third-order valence-electron chi connectivity index (χ3n) is 2.83. The van der Waals surface area contributed by atoms with Crippen LogP contribution in [0.3, 0.4) is 0 Å². The summed E-state index contributed by atoms with van der Waals surface area (Å²) < 4.78 is 4.75. The van der Waals surface area contributed by atoms with Crippen LogP contribution < -0.4 is 4.90 Å². The van der Waals surface area contributed by atoms with Crippen LogP contribution in [0.15, 0.2) is 24.3 Å². The fourth-order valence-corrected chi connectivity index (χ4v) is 2.72. The third-order valence-corrected chi connectivity index (χ3v) is 4.05. The molecule has 2 aromatic rings. The lowest BCUT2D eigenvalue weighted by Gasteiger charge is -2.16. The van der Waals surface area contributed by atoms with Gasteiger partial charge in [0, 0.05) is 12.7 Å². The first-order valence-electron chi connectivity index (χ1n) is 5.89. The van der Waals surface area contributed by atoms with Crippen LogP contribution >= 0.6 is 11.3 Å². The van der Waals surface area contributed by atoms with Crippen LogP contribution in [0.25, 0.3) is 0 Å². The number of aromatic nitrogens is 1. The average molecular weight is 276 g/mol. The number of anilines is 2. The van der Waals surface area contributed by atoms with E-state index < -0.39 is 0 Å². The van der Waals surface area contributed by atoms with Crippen molar-refractivity contribution in [3.05, 3.63) is 40.4 Å². The van der Waals surface area contributed by atoms with Gasteiger partial charge in [-0.1, -0.05) is 23.5 Å². The van der Waals surface area contributed by atoms with Gasteiger partial charge in [0.15, 0.2) is 5.13 Å². The number of thiazole rings is 1. The minimum absolute atomic E-state index is 0.334. The van der Waals surface area contributed by atoms with E-state index in [0.29, 0.717) is 10.6 Å². The first kappa shape index (κ1) is 13.5. The Hall–Kier alpha value is -1.88. The predicted octanol–water partition coefficient (Wildman–Crippen LogP) is 3.31. The molecule has 0 aliphatic carbocycles. The molecule has 4 nitrogen and oxygen atoms in total. The highest BCUT2D eigenvalue weighted by atomic mass is 32.1. The minimum atomic E-state index is -0.334. The van der Waals surface area contributed by atoms with Gasteiger partial charge >= 0.3 is 5.97 Å². The second-order valence-electron chi connectivity index (χ2n) is 4.30. The van der Waals surface area contributed by atoms with Crippen LogP contribution in [0.2, 0.25) is 0 Å². The number of ether oxygens (including phenoxy) is 1. The summed E-state index contributed by atoms with van der Waals surface area (Å²) in [5.74, 6) is -0.334. The molecule has 0 aliphatic rings. The van der Waals surface area contributed by atoms with Crippen molar-refractivity contribution in [2.24, 2.45) is 0 Å². The Morgan fingerprint density at radius 2 is 2.11 bits per heavy atom. The van der Waals surface area contributed by atoms with E-state index in [1.807, 2.05) is 44.0 Å². The number of carbonyl (C=O) groups excluding carboxylic acids is 1. The van der Waals surface area contributed by atoms with E-state index in [4.69, 9.17) is 4.74 Å². The number of nitrogens with zero attached hydrogens (tertiary/aromatic N) is 2. The molecule has 0 aliphatic heterocycles. The lowest BCUT2D eigenvalue weighted by atomic mass is 10.2. The highest BCUT2D eigenvalue weighted by molar-refractivity contribution is 7.17. The normalized spacial score (nSPS) is 10.3. The number of carbonyl (C=O) groups is 1. The summed E-state index contributed by atoms with van der Waals surface area (Å²) in [4.78, 5) is 18.5. The highest BCUT2D eigenvalue weighted by Gasteiger charge is 2.18. The molecule has 100 valence electrons. The van der Waals surface area contributed by atoms with Gasteiger partial charge in [-0.3, -0.25) is 0 Å². The van der Waals surface area contributed by atoms with Gasteiger partial charge in [0.25, 0.3) is 0 Å².